The van der Waals surface area contributed by atoms with Gasteiger partial charge in [-0.1, -0.05) is 49.9 Å². The summed E-state index contributed by atoms with van der Waals surface area (Å²) in [5.74, 6) is -0.118. The smallest absolute Gasteiger partial charge is 0.256 e. The Hall–Kier alpha value is -3.15. The minimum atomic E-state index is -0.394. The number of para-hydroxylation sites is 1. The summed E-state index contributed by atoms with van der Waals surface area (Å²) in [5, 5.41) is 3.19. The van der Waals surface area contributed by atoms with Crippen molar-refractivity contribution in [2.75, 3.05) is 11.4 Å². The molecule has 1 atom stereocenters. The minimum absolute atomic E-state index is 0.0269. The van der Waals surface area contributed by atoms with E-state index in [0.29, 0.717) is 36.3 Å². The molecule has 3 aliphatic rings. The van der Waals surface area contributed by atoms with Gasteiger partial charge < -0.3 is 15.1 Å². The van der Waals surface area contributed by atoms with Crippen molar-refractivity contribution in [3.8, 4) is 0 Å². The quantitative estimate of drug-likeness (QED) is 0.714. The summed E-state index contributed by atoms with van der Waals surface area (Å²) < 4.78 is 0. The number of carbonyl (C=O) groups excluding carboxylic acids is 3. The van der Waals surface area contributed by atoms with Crippen molar-refractivity contribution >= 4 is 23.4 Å². The zero-order valence-corrected chi connectivity index (χ0v) is 19.0. The van der Waals surface area contributed by atoms with Crippen molar-refractivity contribution in [1.29, 1.82) is 0 Å². The molecule has 33 heavy (non-hydrogen) atoms. The molecule has 6 heteroatoms. The van der Waals surface area contributed by atoms with E-state index in [1.165, 1.54) is 25.7 Å². The number of hydrogen-bond acceptors (Lipinski definition) is 3. The summed E-state index contributed by atoms with van der Waals surface area (Å²) in [7, 11) is 0. The van der Waals surface area contributed by atoms with Gasteiger partial charge in [0.25, 0.3) is 11.8 Å². The lowest BCUT2D eigenvalue weighted by Crippen LogP contribution is -2.44. The summed E-state index contributed by atoms with van der Waals surface area (Å²) >= 11 is 0. The van der Waals surface area contributed by atoms with Gasteiger partial charge in [0, 0.05) is 18.2 Å². The van der Waals surface area contributed by atoms with Crippen molar-refractivity contribution in [3.63, 3.8) is 0 Å². The first-order valence-electron chi connectivity index (χ1n) is 12.2. The lowest BCUT2D eigenvalue weighted by atomic mass is 10.1. The number of fused-ring (bicyclic) bond motifs is 2. The van der Waals surface area contributed by atoms with Gasteiger partial charge in [-0.3, -0.25) is 14.4 Å². The summed E-state index contributed by atoms with van der Waals surface area (Å²) in [6, 6.07) is 14.7. The number of carbonyl (C=O) groups is 3. The molecule has 2 aromatic carbocycles. The lowest BCUT2D eigenvalue weighted by molar-refractivity contribution is -0.122. The van der Waals surface area contributed by atoms with Crippen LogP contribution >= 0.6 is 0 Å². The van der Waals surface area contributed by atoms with Crippen LogP contribution in [0.5, 0.6) is 0 Å². The summed E-state index contributed by atoms with van der Waals surface area (Å²) in [5.41, 5.74) is 2.82. The maximum atomic E-state index is 13.4. The monoisotopic (exact) mass is 445 g/mol. The molecule has 2 aliphatic heterocycles. The van der Waals surface area contributed by atoms with Crippen molar-refractivity contribution in [1.82, 2.24) is 10.2 Å². The van der Waals surface area contributed by atoms with Crippen LogP contribution in [0.2, 0.25) is 0 Å². The highest BCUT2D eigenvalue weighted by Gasteiger charge is 2.41. The van der Waals surface area contributed by atoms with E-state index in [2.05, 4.69) is 5.32 Å². The molecule has 0 unspecified atom stereocenters. The first-order chi connectivity index (χ1) is 16.1. The zero-order valence-electron chi connectivity index (χ0n) is 19.0. The maximum Gasteiger partial charge on any atom is 0.256 e. The van der Waals surface area contributed by atoms with E-state index in [4.69, 9.17) is 0 Å². The number of nitrogens with zero attached hydrogens (tertiary/aromatic N) is 2. The third kappa shape index (κ3) is 4.39. The van der Waals surface area contributed by atoms with Crippen molar-refractivity contribution in [2.24, 2.45) is 0 Å². The topological polar surface area (TPSA) is 69.7 Å². The SMILES string of the molecule is O=C(NC1CCCCCC1)c1ccc(CN2C(=O)[C@@H]3CCCN3C(=O)c3ccccc32)cc1. The maximum absolute atomic E-state index is 13.4. The fourth-order valence-corrected chi connectivity index (χ4v) is 5.41. The van der Waals surface area contributed by atoms with Gasteiger partial charge in [-0.05, 0) is 55.5 Å². The highest BCUT2D eigenvalue weighted by Crippen LogP contribution is 2.33. The van der Waals surface area contributed by atoms with Crippen LogP contribution in [0, 0.1) is 0 Å². The van der Waals surface area contributed by atoms with E-state index in [-0.39, 0.29) is 23.8 Å². The summed E-state index contributed by atoms with van der Waals surface area (Å²) in [6.45, 7) is 1.00. The molecule has 0 spiro atoms. The molecular formula is C27H31N3O3. The van der Waals surface area contributed by atoms with E-state index in [1.807, 2.05) is 42.5 Å². The van der Waals surface area contributed by atoms with E-state index >= 15 is 0 Å². The normalized spacial score (nSPS) is 21.3. The van der Waals surface area contributed by atoms with Gasteiger partial charge in [0.2, 0.25) is 5.91 Å². The molecule has 172 valence electrons. The van der Waals surface area contributed by atoms with E-state index in [0.717, 1.165) is 24.8 Å². The van der Waals surface area contributed by atoms with Crippen LogP contribution in [0.1, 0.15) is 77.6 Å². The fraction of sp³-hybridized carbons (Fsp3) is 0.444. The van der Waals surface area contributed by atoms with Crippen LogP contribution in [0.3, 0.4) is 0 Å². The van der Waals surface area contributed by atoms with Crippen LogP contribution in [-0.4, -0.2) is 41.2 Å². The van der Waals surface area contributed by atoms with Gasteiger partial charge >= 0.3 is 0 Å². The first-order valence-corrected chi connectivity index (χ1v) is 12.2. The highest BCUT2D eigenvalue weighted by molar-refractivity contribution is 6.11. The Morgan fingerprint density at radius 2 is 1.61 bits per heavy atom. The molecule has 2 heterocycles. The Kier molecular flexibility index (Phi) is 6.16. The predicted molar refractivity (Wildman–Crippen MR) is 127 cm³/mol. The lowest BCUT2D eigenvalue weighted by Gasteiger charge is -2.26. The zero-order chi connectivity index (χ0) is 22.8. The minimum Gasteiger partial charge on any atom is -0.349 e. The highest BCUT2D eigenvalue weighted by atomic mass is 16.2. The molecule has 1 saturated heterocycles. The number of nitrogens with one attached hydrogen (secondary N) is 1. The predicted octanol–water partition coefficient (Wildman–Crippen LogP) is 4.29. The standard InChI is InChI=1S/C27H31N3O3/c31-25(28-21-8-3-1-2-4-9-21)20-15-13-19(14-16-20)18-30-23-11-6-5-10-22(23)26(32)29-17-7-12-24(29)27(30)33/h5-6,10-11,13-16,21,24H,1-4,7-9,12,17-18H2,(H,28,31)/t24-/m0/s1. The van der Waals surface area contributed by atoms with Crippen LogP contribution < -0.4 is 10.2 Å². The van der Waals surface area contributed by atoms with E-state index in [9.17, 15) is 14.4 Å². The average molecular weight is 446 g/mol. The molecule has 2 aromatic rings. The summed E-state index contributed by atoms with van der Waals surface area (Å²) in [4.78, 5) is 42.7. The fourth-order valence-electron chi connectivity index (χ4n) is 5.41. The number of hydrogen-bond donors (Lipinski definition) is 1. The van der Waals surface area contributed by atoms with Gasteiger partial charge in [-0.15, -0.1) is 0 Å². The van der Waals surface area contributed by atoms with Crippen molar-refractivity contribution < 1.29 is 14.4 Å². The van der Waals surface area contributed by atoms with E-state index < -0.39 is 6.04 Å². The summed E-state index contributed by atoms with van der Waals surface area (Å²) in [6.07, 6.45) is 8.52. The second kappa shape index (κ2) is 9.38. The van der Waals surface area contributed by atoms with Crippen LogP contribution in [0.15, 0.2) is 48.5 Å². The second-order valence-electron chi connectivity index (χ2n) is 9.46. The molecule has 1 N–H and O–H groups in total. The Balaban J connectivity index is 1.34. The molecular weight excluding hydrogens is 414 g/mol. The van der Waals surface area contributed by atoms with E-state index in [1.54, 1.807) is 15.9 Å². The molecule has 3 amide bonds. The van der Waals surface area contributed by atoms with Crippen LogP contribution in [0.25, 0.3) is 0 Å². The number of rotatable bonds is 4. The number of anilines is 1. The molecule has 1 aliphatic carbocycles. The van der Waals surface area contributed by atoms with Crippen molar-refractivity contribution in [2.45, 2.75) is 70.0 Å². The molecule has 0 bridgehead atoms. The Morgan fingerprint density at radius 1 is 0.879 bits per heavy atom. The Bertz CT molecular complexity index is 1040. The van der Waals surface area contributed by atoms with Crippen LogP contribution in [0.4, 0.5) is 5.69 Å². The molecule has 0 aromatic heterocycles. The van der Waals surface area contributed by atoms with Gasteiger partial charge in [0.05, 0.1) is 17.8 Å². The second-order valence-corrected chi connectivity index (χ2v) is 9.46. The third-order valence-corrected chi connectivity index (χ3v) is 7.24. The largest absolute Gasteiger partial charge is 0.349 e. The molecule has 0 radical (unpaired) electrons. The molecule has 5 rings (SSSR count). The Morgan fingerprint density at radius 3 is 2.36 bits per heavy atom. The van der Waals surface area contributed by atoms with Crippen molar-refractivity contribution in [3.05, 3.63) is 65.2 Å². The number of benzene rings is 2. The van der Waals surface area contributed by atoms with Gasteiger partial charge in [0.15, 0.2) is 0 Å². The average Bonchev–Trinajstić information content (AvgIpc) is 3.16. The first kappa shape index (κ1) is 21.7. The third-order valence-electron chi connectivity index (χ3n) is 7.24. The van der Waals surface area contributed by atoms with Gasteiger partial charge in [-0.25, -0.2) is 0 Å². The molecule has 1 saturated carbocycles. The number of amides is 3. The van der Waals surface area contributed by atoms with Gasteiger partial charge in [-0.2, -0.15) is 0 Å². The Labute approximate surface area is 194 Å². The molecule has 6 nitrogen and oxygen atoms in total. The molecule has 2 fully saturated rings. The van der Waals surface area contributed by atoms with Gasteiger partial charge in [0.1, 0.15) is 6.04 Å². The van der Waals surface area contributed by atoms with Crippen LogP contribution in [-0.2, 0) is 11.3 Å².